The summed E-state index contributed by atoms with van der Waals surface area (Å²) in [5.41, 5.74) is 4.78. The largest absolute Gasteiger partial charge is 0.458 e. The summed E-state index contributed by atoms with van der Waals surface area (Å²) in [7, 11) is 0. The average Bonchev–Trinajstić information content (AvgIpc) is 2.94. The standard InChI is InChI=1S/C19H27N5O5/c1-18(2,3)28-16(26)12(23-17(27)29-19(4,5)6)7-11-9-24-10-13(15(20)25)22-14(24)8-21-11/h8-10,12H,7H2,1-6H3,(H2,20,25)(H,23,27)/t12-/m0/s1. The van der Waals surface area contributed by atoms with Crippen LogP contribution in [-0.4, -0.2) is 49.6 Å². The molecule has 2 amide bonds. The molecule has 0 aromatic carbocycles. The van der Waals surface area contributed by atoms with Crippen molar-refractivity contribution in [3.8, 4) is 0 Å². The maximum absolute atomic E-state index is 12.6. The quantitative estimate of drug-likeness (QED) is 0.721. The molecular weight excluding hydrogens is 378 g/mol. The molecule has 0 bridgehead atoms. The molecule has 0 aliphatic heterocycles. The predicted octanol–water partition coefficient (Wildman–Crippen LogP) is 1.61. The molecule has 2 aromatic heterocycles. The minimum atomic E-state index is -1.02. The highest BCUT2D eigenvalue weighted by Gasteiger charge is 2.29. The first-order chi connectivity index (χ1) is 13.2. The van der Waals surface area contributed by atoms with E-state index < -0.39 is 35.2 Å². The minimum absolute atomic E-state index is 0.0498. The second kappa shape index (κ2) is 8.06. The number of esters is 1. The third-order valence-electron chi connectivity index (χ3n) is 3.44. The fraction of sp³-hybridized carbons (Fsp3) is 0.526. The number of nitrogens with one attached hydrogen (secondary N) is 1. The number of fused-ring (bicyclic) bond motifs is 1. The Labute approximate surface area is 168 Å². The molecule has 0 radical (unpaired) electrons. The molecule has 0 aliphatic carbocycles. The lowest BCUT2D eigenvalue weighted by Gasteiger charge is -2.26. The molecule has 0 saturated carbocycles. The van der Waals surface area contributed by atoms with E-state index in [1.165, 1.54) is 12.4 Å². The monoisotopic (exact) mass is 405 g/mol. The van der Waals surface area contributed by atoms with Gasteiger partial charge in [-0.2, -0.15) is 0 Å². The molecule has 29 heavy (non-hydrogen) atoms. The third kappa shape index (κ3) is 6.74. The number of imidazole rings is 1. The van der Waals surface area contributed by atoms with E-state index in [2.05, 4.69) is 15.3 Å². The molecule has 10 nitrogen and oxygen atoms in total. The summed E-state index contributed by atoms with van der Waals surface area (Å²) in [5.74, 6) is -1.28. The molecule has 158 valence electrons. The SMILES string of the molecule is CC(C)(C)OC(=O)N[C@@H](Cc1cn2cc(C(N)=O)nc2cn1)C(=O)OC(C)(C)C. The lowest BCUT2D eigenvalue weighted by Crippen LogP contribution is -2.47. The Balaban J connectivity index is 2.25. The van der Waals surface area contributed by atoms with Gasteiger partial charge in [0.1, 0.15) is 22.9 Å². The summed E-state index contributed by atoms with van der Waals surface area (Å²) < 4.78 is 12.2. The molecular formula is C19H27N5O5. The van der Waals surface area contributed by atoms with Crippen LogP contribution in [0.2, 0.25) is 0 Å². The number of hydrogen-bond acceptors (Lipinski definition) is 7. The van der Waals surface area contributed by atoms with Gasteiger partial charge in [-0.05, 0) is 41.5 Å². The topological polar surface area (TPSA) is 138 Å². The maximum Gasteiger partial charge on any atom is 0.408 e. The summed E-state index contributed by atoms with van der Waals surface area (Å²) >= 11 is 0. The van der Waals surface area contributed by atoms with Crippen LogP contribution in [0, 0.1) is 0 Å². The van der Waals surface area contributed by atoms with Crippen LogP contribution in [0.4, 0.5) is 4.79 Å². The van der Waals surface area contributed by atoms with Crippen LogP contribution in [0.1, 0.15) is 57.7 Å². The van der Waals surface area contributed by atoms with Crippen molar-refractivity contribution in [3.63, 3.8) is 0 Å². The molecule has 2 aromatic rings. The van der Waals surface area contributed by atoms with Gasteiger partial charge in [0.2, 0.25) is 0 Å². The van der Waals surface area contributed by atoms with Crippen LogP contribution >= 0.6 is 0 Å². The highest BCUT2D eigenvalue weighted by molar-refractivity contribution is 5.91. The van der Waals surface area contributed by atoms with Gasteiger partial charge in [-0.25, -0.2) is 14.6 Å². The van der Waals surface area contributed by atoms with Gasteiger partial charge in [-0.3, -0.25) is 9.78 Å². The van der Waals surface area contributed by atoms with Crippen molar-refractivity contribution in [1.82, 2.24) is 19.7 Å². The molecule has 10 heteroatoms. The first kappa shape index (κ1) is 22.1. The van der Waals surface area contributed by atoms with Crippen molar-refractivity contribution >= 4 is 23.6 Å². The zero-order chi connectivity index (χ0) is 22.0. The predicted molar refractivity (Wildman–Crippen MR) is 104 cm³/mol. The average molecular weight is 405 g/mol. The molecule has 0 aliphatic rings. The molecule has 0 spiro atoms. The molecule has 0 saturated heterocycles. The second-order valence-corrected chi connectivity index (χ2v) is 8.57. The molecule has 1 atom stereocenters. The van der Waals surface area contributed by atoms with E-state index in [0.29, 0.717) is 11.3 Å². The minimum Gasteiger partial charge on any atom is -0.458 e. The number of carbonyl (C=O) groups is 3. The lowest BCUT2D eigenvalue weighted by atomic mass is 10.1. The van der Waals surface area contributed by atoms with Crippen molar-refractivity contribution in [3.05, 3.63) is 30.0 Å². The molecule has 2 heterocycles. The van der Waals surface area contributed by atoms with Gasteiger partial charge in [0.25, 0.3) is 5.91 Å². The van der Waals surface area contributed by atoms with E-state index in [0.717, 1.165) is 0 Å². The van der Waals surface area contributed by atoms with Crippen LogP contribution in [0.5, 0.6) is 0 Å². The highest BCUT2D eigenvalue weighted by Crippen LogP contribution is 2.13. The maximum atomic E-state index is 12.6. The summed E-state index contributed by atoms with van der Waals surface area (Å²) in [6.07, 6.45) is 3.82. The van der Waals surface area contributed by atoms with E-state index in [1.54, 1.807) is 52.1 Å². The van der Waals surface area contributed by atoms with Crippen LogP contribution < -0.4 is 11.1 Å². The molecule has 0 unspecified atom stereocenters. The van der Waals surface area contributed by atoms with Crippen LogP contribution in [-0.2, 0) is 20.7 Å². The first-order valence-corrected chi connectivity index (χ1v) is 9.09. The van der Waals surface area contributed by atoms with Crippen LogP contribution in [0.15, 0.2) is 18.6 Å². The fourth-order valence-corrected chi connectivity index (χ4v) is 2.39. The van der Waals surface area contributed by atoms with Crippen LogP contribution in [0.25, 0.3) is 5.65 Å². The normalized spacial score (nSPS) is 13.0. The Morgan fingerprint density at radius 1 is 1.10 bits per heavy atom. The van der Waals surface area contributed by atoms with Gasteiger partial charge < -0.3 is 24.9 Å². The fourth-order valence-electron chi connectivity index (χ4n) is 2.39. The van der Waals surface area contributed by atoms with E-state index in [9.17, 15) is 14.4 Å². The van der Waals surface area contributed by atoms with Gasteiger partial charge >= 0.3 is 12.1 Å². The van der Waals surface area contributed by atoms with E-state index in [4.69, 9.17) is 15.2 Å². The number of alkyl carbamates (subject to hydrolysis) is 1. The summed E-state index contributed by atoms with van der Waals surface area (Å²) in [4.78, 5) is 44.4. The number of nitrogens with two attached hydrogens (primary N) is 1. The number of primary amides is 1. The first-order valence-electron chi connectivity index (χ1n) is 9.09. The van der Waals surface area contributed by atoms with Crippen molar-refractivity contribution < 1.29 is 23.9 Å². The molecule has 0 fully saturated rings. The van der Waals surface area contributed by atoms with Crippen molar-refractivity contribution in [2.75, 3.05) is 0 Å². The number of aromatic nitrogens is 3. The number of hydrogen-bond donors (Lipinski definition) is 2. The van der Waals surface area contributed by atoms with Gasteiger partial charge in [-0.1, -0.05) is 0 Å². The van der Waals surface area contributed by atoms with E-state index in [-0.39, 0.29) is 12.1 Å². The Kier molecular flexibility index (Phi) is 6.15. The van der Waals surface area contributed by atoms with Crippen molar-refractivity contribution in [2.45, 2.75) is 65.2 Å². The van der Waals surface area contributed by atoms with Crippen molar-refractivity contribution in [1.29, 1.82) is 0 Å². The number of rotatable bonds is 5. The Bertz CT molecular complexity index is 923. The number of carbonyl (C=O) groups excluding carboxylic acids is 3. The highest BCUT2D eigenvalue weighted by atomic mass is 16.6. The smallest absolute Gasteiger partial charge is 0.408 e. The zero-order valence-electron chi connectivity index (χ0n) is 17.5. The second-order valence-electron chi connectivity index (χ2n) is 8.57. The van der Waals surface area contributed by atoms with Gasteiger partial charge in [-0.15, -0.1) is 0 Å². The Morgan fingerprint density at radius 2 is 1.72 bits per heavy atom. The van der Waals surface area contributed by atoms with Gasteiger partial charge in [0, 0.05) is 18.8 Å². The summed E-state index contributed by atoms with van der Waals surface area (Å²) in [6, 6.07) is -1.02. The molecule has 2 rings (SSSR count). The molecule has 3 N–H and O–H groups in total. The Hall–Kier alpha value is -3.17. The van der Waals surface area contributed by atoms with Crippen LogP contribution in [0.3, 0.4) is 0 Å². The van der Waals surface area contributed by atoms with Gasteiger partial charge in [0.05, 0.1) is 11.9 Å². The van der Waals surface area contributed by atoms with Crippen molar-refractivity contribution in [2.24, 2.45) is 5.73 Å². The Morgan fingerprint density at radius 3 is 2.28 bits per heavy atom. The zero-order valence-corrected chi connectivity index (χ0v) is 17.5. The number of amides is 2. The summed E-state index contributed by atoms with van der Waals surface area (Å²) in [6.45, 7) is 10.4. The number of ether oxygens (including phenoxy) is 2. The van der Waals surface area contributed by atoms with E-state index in [1.807, 2.05) is 0 Å². The summed E-state index contributed by atoms with van der Waals surface area (Å²) in [5, 5.41) is 2.54. The lowest BCUT2D eigenvalue weighted by molar-refractivity contribution is -0.157. The number of nitrogens with zero attached hydrogens (tertiary/aromatic N) is 3. The van der Waals surface area contributed by atoms with E-state index >= 15 is 0 Å². The van der Waals surface area contributed by atoms with Gasteiger partial charge in [0.15, 0.2) is 5.65 Å². The third-order valence-corrected chi connectivity index (χ3v) is 3.44.